The molecular weight excluding hydrogens is 528 g/mol. The maximum atomic E-state index is 13.2. The molecule has 212 valence electrons. The van der Waals surface area contributed by atoms with Crippen LogP contribution in [0.15, 0.2) is 16.9 Å². The summed E-state index contributed by atoms with van der Waals surface area (Å²) in [5.41, 5.74) is 6.01. The van der Waals surface area contributed by atoms with Crippen molar-refractivity contribution >= 4 is 35.3 Å². The van der Waals surface area contributed by atoms with E-state index in [0.29, 0.717) is 30.8 Å². The van der Waals surface area contributed by atoms with Crippen LogP contribution in [0.1, 0.15) is 33.1 Å². The fraction of sp³-hybridized carbons (Fsp3) is 0.708. The Labute approximate surface area is 229 Å². The molecule has 0 saturated carbocycles. The molecule has 0 aliphatic carbocycles. The lowest BCUT2D eigenvalue weighted by Crippen LogP contribution is -2.62. The number of ketones is 1. The fourth-order valence-electron chi connectivity index (χ4n) is 6.51. The number of nitrogens with two attached hydrogens (primary N) is 1. The van der Waals surface area contributed by atoms with Crippen LogP contribution in [-0.2, 0) is 25.7 Å². The molecule has 8 atom stereocenters. The third-order valence-corrected chi connectivity index (χ3v) is 9.82. The molecule has 0 radical (unpaired) electrons. The van der Waals surface area contributed by atoms with Crippen LogP contribution in [0.25, 0.3) is 0 Å². The average molecular weight is 563 g/mol. The summed E-state index contributed by atoms with van der Waals surface area (Å²) < 4.78 is 1.33. The second-order valence-corrected chi connectivity index (χ2v) is 12.4. The number of carbonyl (C=O) groups excluding carboxylic acids is 3. The first-order valence-corrected chi connectivity index (χ1v) is 14.1. The minimum atomic E-state index is -1.16. The predicted molar refractivity (Wildman–Crippen MR) is 138 cm³/mol. The van der Waals surface area contributed by atoms with E-state index < -0.39 is 17.9 Å². The third kappa shape index (κ3) is 5.08. The summed E-state index contributed by atoms with van der Waals surface area (Å²) in [4.78, 5) is 54.8. The zero-order valence-electron chi connectivity index (χ0n) is 21.8. The summed E-state index contributed by atoms with van der Waals surface area (Å²) >= 11 is 1.42. The molecule has 5 N–H and O–H groups in total. The number of carbonyl (C=O) groups is 4. The number of carboxylic acid groups (broad SMARTS) is 1. The standard InChI is InChI=1S/C24H34N8O6S/c1-11(3-15(34)8-30-10-27-28-29-30)18-19-12(2)21(20(24(37)38)32(19)23(18)36)39-16-5-17(26-6-16)22(35)31-7-13(25)4-14(31)9-33/h10-14,16-19,26,33H,3-9,25H2,1-2H3,(H,37,38)/t11-,12+,13+,14+,16-,17-,18+,19+/m0/s1. The van der Waals surface area contributed by atoms with Crippen LogP contribution in [0.2, 0.25) is 0 Å². The number of rotatable bonds is 10. The fourth-order valence-corrected chi connectivity index (χ4v) is 7.99. The number of hydrogen-bond acceptors (Lipinski definition) is 11. The van der Waals surface area contributed by atoms with Gasteiger partial charge in [-0.15, -0.1) is 16.9 Å². The molecule has 39 heavy (non-hydrogen) atoms. The van der Waals surface area contributed by atoms with Crippen molar-refractivity contribution in [3.05, 3.63) is 16.9 Å². The Hall–Kier alpha value is -2.88. The minimum Gasteiger partial charge on any atom is -0.477 e. The van der Waals surface area contributed by atoms with Crippen molar-refractivity contribution in [3.8, 4) is 0 Å². The zero-order chi connectivity index (χ0) is 28.0. The maximum Gasteiger partial charge on any atom is 0.353 e. The molecule has 15 heteroatoms. The van der Waals surface area contributed by atoms with Crippen molar-refractivity contribution in [2.24, 2.45) is 23.5 Å². The Morgan fingerprint density at radius 2 is 2.08 bits per heavy atom. The third-order valence-electron chi connectivity index (χ3n) is 8.31. The molecule has 4 aliphatic heterocycles. The number of amides is 2. The number of carboxylic acids is 1. The van der Waals surface area contributed by atoms with Gasteiger partial charge in [-0.05, 0) is 29.2 Å². The number of likely N-dealkylation sites (tertiary alicyclic amines) is 1. The molecule has 1 aromatic rings. The van der Waals surface area contributed by atoms with Crippen LogP contribution >= 0.6 is 11.8 Å². The molecule has 4 aliphatic rings. The highest BCUT2D eigenvalue weighted by molar-refractivity contribution is 8.03. The van der Waals surface area contributed by atoms with Gasteiger partial charge in [0, 0.05) is 41.6 Å². The van der Waals surface area contributed by atoms with Crippen LogP contribution in [-0.4, -0.2) is 113 Å². The normalized spacial score (nSPS) is 32.9. The van der Waals surface area contributed by atoms with Crippen LogP contribution in [0.5, 0.6) is 0 Å². The quantitative estimate of drug-likeness (QED) is 0.239. The summed E-state index contributed by atoms with van der Waals surface area (Å²) in [6.45, 7) is 4.56. The van der Waals surface area contributed by atoms with E-state index in [4.69, 9.17) is 5.73 Å². The number of tetrazole rings is 1. The van der Waals surface area contributed by atoms with Crippen molar-refractivity contribution in [2.75, 3.05) is 19.7 Å². The molecule has 3 saturated heterocycles. The maximum absolute atomic E-state index is 13.2. The van der Waals surface area contributed by atoms with Crippen molar-refractivity contribution in [1.82, 2.24) is 35.3 Å². The van der Waals surface area contributed by atoms with Gasteiger partial charge in [0.15, 0.2) is 5.78 Å². The van der Waals surface area contributed by atoms with Gasteiger partial charge < -0.3 is 31.1 Å². The minimum absolute atomic E-state index is 0.00611. The monoisotopic (exact) mass is 562 g/mol. The van der Waals surface area contributed by atoms with Gasteiger partial charge in [0.2, 0.25) is 11.8 Å². The van der Waals surface area contributed by atoms with E-state index in [2.05, 4.69) is 20.8 Å². The molecule has 1 aromatic heterocycles. The van der Waals surface area contributed by atoms with E-state index in [0.717, 1.165) is 0 Å². The van der Waals surface area contributed by atoms with Gasteiger partial charge >= 0.3 is 5.97 Å². The molecule has 3 fully saturated rings. The van der Waals surface area contributed by atoms with Crippen molar-refractivity contribution in [1.29, 1.82) is 0 Å². The summed E-state index contributed by atoms with van der Waals surface area (Å²) in [6.07, 6.45) is 2.57. The highest BCUT2D eigenvalue weighted by Gasteiger charge is 2.60. The smallest absolute Gasteiger partial charge is 0.353 e. The number of hydrogen-bond donors (Lipinski definition) is 4. The second-order valence-electron chi connectivity index (χ2n) is 11.0. The number of fused-ring (bicyclic) bond motifs is 1. The lowest BCUT2D eigenvalue weighted by molar-refractivity contribution is -0.160. The van der Waals surface area contributed by atoms with Gasteiger partial charge in [-0.2, -0.15) is 0 Å². The Bertz CT molecular complexity index is 1180. The first-order valence-electron chi connectivity index (χ1n) is 13.2. The number of aliphatic carboxylic acids is 1. The van der Waals surface area contributed by atoms with Gasteiger partial charge in [-0.3, -0.25) is 14.4 Å². The van der Waals surface area contributed by atoms with Gasteiger partial charge in [0.05, 0.1) is 30.7 Å². The van der Waals surface area contributed by atoms with Gasteiger partial charge in [-0.25, -0.2) is 9.48 Å². The highest BCUT2D eigenvalue weighted by atomic mass is 32.2. The Morgan fingerprint density at radius 3 is 2.74 bits per heavy atom. The number of β-lactam (4-membered cyclic amide) rings is 1. The molecule has 5 heterocycles. The number of aliphatic hydroxyl groups excluding tert-OH is 1. The molecule has 5 rings (SSSR count). The topological polar surface area (TPSA) is 197 Å². The SMILES string of the molecule is C[C@@H](CC(=O)Cn1cnnn1)[C@H]1C(=O)N2C(C(=O)O)=C(S[C@@H]3CN[C@H](C(=O)N4C[C@H](N)C[C@@H]4CO)C3)[C@H](C)[C@H]12. The van der Waals surface area contributed by atoms with Crippen molar-refractivity contribution in [2.45, 2.75) is 69.1 Å². The van der Waals surface area contributed by atoms with Crippen LogP contribution < -0.4 is 11.1 Å². The number of nitrogens with zero attached hydrogens (tertiary/aromatic N) is 6. The first kappa shape index (κ1) is 27.7. The van der Waals surface area contributed by atoms with E-state index in [1.165, 1.54) is 27.7 Å². The second kappa shape index (κ2) is 10.9. The molecule has 0 unspecified atom stereocenters. The largest absolute Gasteiger partial charge is 0.477 e. The molecule has 0 spiro atoms. The van der Waals surface area contributed by atoms with E-state index in [9.17, 15) is 29.4 Å². The van der Waals surface area contributed by atoms with Crippen LogP contribution in [0.3, 0.4) is 0 Å². The van der Waals surface area contributed by atoms with Crippen LogP contribution in [0.4, 0.5) is 0 Å². The lowest BCUT2D eigenvalue weighted by atomic mass is 9.73. The molecule has 0 aromatic carbocycles. The number of Topliss-reactive ketones (excluding diaryl/α,β-unsaturated/α-hetero) is 1. The van der Waals surface area contributed by atoms with E-state index in [1.807, 2.05) is 13.8 Å². The van der Waals surface area contributed by atoms with E-state index in [1.54, 1.807) is 4.90 Å². The summed E-state index contributed by atoms with van der Waals surface area (Å²) in [5.74, 6) is -2.59. The molecule has 14 nitrogen and oxygen atoms in total. The van der Waals surface area contributed by atoms with Crippen molar-refractivity contribution < 1.29 is 29.4 Å². The number of aromatic nitrogens is 4. The van der Waals surface area contributed by atoms with E-state index >= 15 is 0 Å². The summed E-state index contributed by atoms with van der Waals surface area (Å²) in [5, 5.41) is 33.6. The number of thioether (sulfide) groups is 1. The molecular formula is C24H34N8O6S. The summed E-state index contributed by atoms with van der Waals surface area (Å²) in [7, 11) is 0. The van der Waals surface area contributed by atoms with Gasteiger partial charge in [-0.1, -0.05) is 13.8 Å². The molecule has 0 bridgehead atoms. The molecule has 2 amide bonds. The highest BCUT2D eigenvalue weighted by Crippen LogP contribution is 2.53. The average Bonchev–Trinajstić information content (AvgIpc) is 3.67. The van der Waals surface area contributed by atoms with Gasteiger partial charge in [0.25, 0.3) is 0 Å². The van der Waals surface area contributed by atoms with E-state index in [-0.39, 0.29) is 78.1 Å². The predicted octanol–water partition coefficient (Wildman–Crippen LogP) is -1.57. The Balaban J connectivity index is 1.23. The summed E-state index contributed by atoms with van der Waals surface area (Å²) in [6, 6.07) is -1.21. The Kier molecular flexibility index (Phi) is 7.77. The Morgan fingerprint density at radius 1 is 1.31 bits per heavy atom. The lowest BCUT2D eigenvalue weighted by Gasteiger charge is -2.47. The first-order chi connectivity index (χ1) is 18.6. The number of nitrogens with one attached hydrogen (secondary N) is 1. The number of aliphatic hydroxyl groups is 1. The zero-order valence-corrected chi connectivity index (χ0v) is 22.7. The van der Waals surface area contributed by atoms with Crippen LogP contribution in [0, 0.1) is 17.8 Å². The van der Waals surface area contributed by atoms with Gasteiger partial charge in [0.1, 0.15) is 18.6 Å². The van der Waals surface area contributed by atoms with Crippen molar-refractivity contribution in [3.63, 3.8) is 0 Å².